The summed E-state index contributed by atoms with van der Waals surface area (Å²) in [6.45, 7) is 2.38. The summed E-state index contributed by atoms with van der Waals surface area (Å²) in [5, 5.41) is 3.03. The lowest BCUT2D eigenvalue weighted by Crippen LogP contribution is -2.18. The maximum Gasteiger partial charge on any atom is 0.141 e. The van der Waals surface area contributed by atoms with E-state index in [-0.39, 0.29) is 11.9 Å². The fourth-order valence-corrected chi connectivity index (χ4v) is 0.995. The second kappa shape index (κ2) is 4.58. The van der Waals surface area contributed by atoms with Gasteiger partial charge in [-0.15, -0.1) is 6.42 Å². The molecule has 0 aliphatic heterocycles. The fraction of sp³-hybridized carbons (Fsp3) is 0.300. The Hall–Kier alpha value is -1.40. The highest BCUT2D eigenvalue weighted by molar-refractivity contribution is 5.14. The molecule has 68 valence electrons. The van der Waals surface area contributed by atoms with E-state index in [4.69, 9.17) is 6.42 Å². The number of aromatic nitrogens is 1. The highest BCUT2D eigenvalue weighted by Crippen LogP contribution is 2.10. The van der Waals surface area contributed by atoms with Crippen molar-refractivity contribution in [2.24, 2.45) is 0 Å². The molecule has 0 fully saturated rings. The monoisotopic (exact) mass is 178 g/mol. The van der Waals surface area contributed by atoms with Gasteiger partial charge in [-0.2, -0.15) is 0 Å². The molecule has 0 saturated heterocycles. The average molecular weight is 178 g/mol. The Kier molecular flexibility index (Phi) is 3.41. The van der Waals surface area contributed by atoms with E-state index in [1.807, 2.05) is 6.92 Å². The third-order valence-corrected chi connectivity index (χ3v) is 1.74. The molecule has 13 heavy (non-hydrogen) atoms. The number of pyridine rings is 1. The van der Waals surface area contributed by atoms with Gasteiger partial charge in [-0.25, -0.2) is 4.39 Å². The minimum atomic E-state index is -0.327. The van der Waals surface area contributed by atoms with Gasteiger partial charge >= 0.3 is 0 Å². The van der Waals surface area contributed by atoms with Crippen LogP contribution in [0.5, 0.6) is 0 Å². The number of nitrogens with one attached hydrogen (secondary N) is 1. The topological polar surface area (TPSA) is 24.9 Å². The Bertz CT molecular complexity index is 317. The first kappa shape index (κ1) is 9.69. The van der Waals surface area contributed by atoms with Crippen molar-refractivity contribution in [3.63, 3.8) is 0 Å². The van der Waals surface area contributed by atoms with E-state index in [1.165, 1.54) is 12.3 Å². The Morgan fingerprint density at radius 3 is 3.08 bits per heavy atom. The van der Waals surface area contributed by atoms with Gasteiger partial charge in [0, 0.05) is 12.2 Å². The third-order valence-electron chi connectivity index (χ3n) is 1.74. The van der Waals surface area contributed by atoms with Gasteiger partial charge in [-0.05, 0) is 18.6 Å². The quantitative estimate of drug-likeness (QED) is 0.709. The highest BCUT2D eigenvalue weighted by atomic mass is 19.1. The predicted molar refractivity (Wildman–Crippen MR) is 49.4 cm³/mol. The fourth-order valence-electron chi connectivity index (χ4n) is 0.995. The molecule has 0 aliphatic carbocycles. The summed E-state index contributed by atoms with van der Waals surface area (Å²) in [5.74, 6) is 2.13. The number of terminal acetylenes is 1. The van der Waals surface area contributed by atoms with E-state index in [1.54, 1.807) is 6.20 Å². The predicted octanol–water partition coefficient (Wildman–Crippen LogP) is 1.50. The molecular formula is C10H11FN2. The summed E-state index contributed by atoms with van der Waals surface area (Å²) < 4.78 is 12.7. The summed E-state index contributed by atoms with van der Waals surface area (Å²) in [5.41, 5.74) is 0.801. The van der Waals surface area contributed by atoms with Gasteiger partial charge in [0.15, 0.2) is 0 Å². The second-order valence-corrected chi connectivity index (χ2v) is 2.74. The van der Waals surface area contributed by atoms with Crippen molar-refractivity contribution in [3.05, 3.63) is 29.8 Å². The second-order valence-electron chi connectivity index (χ2n) is 2.74. The zero-order valence-corrected chi connectivity index (χ0v) is 7.42. The first-order valence-electron chi connectivity index (χ1n) is 4.01. The van der Waals surface area contributed by atoms with E-state index in [0.29, 0.717) is 6.54 Å². The van der Waals surface area contributed by atoms with Crippen molar-refractivity contribution in [2.75, 3.05) is 6.54 Å². The maximum atomic E-state index is 12.7. The Morgan fingerprint density at radius 2 is 2.46 bits per heavy atom. The van der Waals surface area contributed by atoms with Crippen LogP contribution in [0.25, 0.3) is 0 Å². The lowest BCUT2D eigenvalue weighted by Gasteiger charge is -2.11. The lowest BCUT2D eigenvalue weighted by atomic mass is 10.1. The van der Waals surface area contributed by atoms with Crippen LogP contribution >= 0.6 is 0 Å². The van der Waals surface area contributed by atoms with Crippen molar-refractivity contribution in [3.8, 4) is 12.3 Å². The molecule has 1 atom stereocenters. The van der Waals surface area contributed by atoms with Crippen molar-refractivity contribution in [1.82, 2.24) is 10.3 Å². The maximum absolute atomic E-state index is 12.7. The molecule has 1 unspecified atom stereocenters. The zero-order valence-electron chi connectivity index (χ0n) is 7.42. The molecule has 1 N–H and O–H groups in total. The number of hydrogen-bond donors (Lipinski definition) is 1. The molecule has 0 radical (unpaired) electrons. The van der Waals surface area contributed by atoms with Gasteiger partial charge in [0.05, 0.1) is 12.7 Å². The van der Waals surface area contributed by atoms with Crippen molar-refractivity contribution < 1.29 is 4.39 Å². The van der Waals surface area contributed by atoms with Crippen molar-refractivity contribution in [2.45, 2.75) is 13.0 Å². The average Bonchev–Trinajstić information content (AvgIpc) is 2.14. The molecule has 1 rings (SSSR count). The van der Waals surface area contributed by atoms with Gasteiger partial charge in [-0.1, -0.05) is 5.92 Å². The molecular weight excluding hydrogens is 167 g/mol. The van der Waals surface area contributed by atoms with Gasteiger partial charge in [-0.3, -0.25) is 10.3 Å². The van der Waals surface area contributed by atoms with Gasteiger partial charge in [0.2, 0.25) is 0 Å². The number of halogens is 1. The Balaban J connectivity index is 2.66. The van der Waals surface area contributed by atoms with Gasteiger partial charge in [0.1, 0.15) is 5.82 Å². The highest BCUT2D eigenvalue weighted by Gasteiger charge is 2.04. The van der Waals surface area contributed by atoms with Crippen LogP contribution in [0.4, 0.5) is 4.39 Å². The SMILES string of the molecule is C#CCNC(C)c1cncc(F)c1. The molecule has 0 amide bonds. The lowest BCUT2D eigenvalue weighted by molar-refractivity contribution is 0.591. The molecule has 0 bridgehead atoms. The largest absolute Gasteiger partial charge is 0.300 e. The number of rotatable bonds is 3. The van der Waals surface area contributed by atoms with Gasteiger partial charge < -0.3 is 0 Å². The summed E-state index contributed by atoms with van der Waals surface area (Å²) in [6, 6.07) is 1.47. The normalized spacial score (nSPS) is 12.1. The van der Waals surface area contributed by atoms with Crippen LogP contribution in [-0.4, -0.2) is 11.5 Å². The first-order valence-corrected chi connectivity index (χ1v) is 4.01. The van der Waals surface area contributed by atoms with Crippen LogP contribution in [0.1, 0.15) is 18.5 Å². The Morgan fingerprint density at radius 1 is 1.69 bits per heavy atom. The van der Waals surface area contributed by atoms with Crippen LogP contribution in [0, 0.1) is 18.2 Å². The summed E-state index contributed by atoms with van der Waals surface area (Å²) in [4.78, 5) is 3.75. The molecule has 2 nitrogen and oxygen atoms in total. The van der Waals surface area contributed by atoms with Crippen LogP contribution in [0.15, 0.2) is 18.5 Å². The molecule has 3 heteroatoms. The molecule has 1 aromatic rings. The van der Waals surface area contributed by atoms with Crippen molar-refractivity contribution in [1.29, 1.82) is 0 Å². The molecule has 0 aromatic carbocycles. The number of nitrogens with zero attached hydrogens (tertiary/aromatic N) is 1. The van der Waals surface area contributed by atoms with E-state index in [9.17, 15) is 4.39 Å². The van der Waals surface area contributed by atoms with E-state index < -0.39 is 0 Å². The summed E-state index contributed by atoms with van der Waals surface area (Å²) in [6.07, 6.45) is 7.88. The molecule has 1 aromatic heterocycles. The summed E-state index contributed by atoms with van der Waals surface area (Å²) >= 11 is 0. The van der Waals surface area contributed by atoms with Crippen LogP contribution in [0.3, 0.4) is 0 Å². The van der Waals surface area contributed by atoms with Crippen LogP contribution in [0.2, 0.25) is 0 Å². The molecule has 0 spiro atoms. The minimum Gasteiger partial charge on any atom is -0.300 e. The smallest absolute Gasteiger partial charge is 0.141 e. The van der Waals surface area contributed by atoms with E-state index >= 15 is 0 Å². The Labute approximate surface area is 77.2 Å². The molecule has 0 aliphatic rings. The van der Waals surface area contributed by atoms with Crippen LogP contribution in [-0.2, 0) is 0 Å². The summed E-state index contributed by atoms with van der Waals surface area (Å²) in [7, 11) is 0. The first-order chi connectivity index (χ1) is 6.24. The van der Waals surface area contributed by atoms with E-state index in [2.05, 4.69) is 16.2 Å². The van der Waals surface area contributed by atoms with Crippen LogP contribution < -0.4 is 5.32 Å². The van der Waals surface area contributed by atoms with E-state index in [0.717, 1.165) is 5.56 Å². The molecule has 1 heterocycles. The van der Waals surface area contributed by atoms with Crippen molar-refractivity contribution >= 4 is 0 Å². The minimum absolute atomic E-state index is 0.0271. The number of hydrogen-bond acceptors (Lipinski definition) is 2. The standard InChI is InChI=1S/C10H11FN2/c1-3-4-13-8(2)9-5-10(11)7-12-6-9/h1,5-8,13H,4H2,2H3. The van der Waals surface area contributed by atoms with Gasteiger partial charge in [0.25, 0.3) is 0 Å². The molecule has 0 saturated carbocycles. The zero-order chi connectivity index (χ0) is 9.68. The third kappa shape index (κ3) is 2.85.